The average Bonchev–Trinajstić information content (AvgIpc) is 2.87. The van der Waals surface area contributed by atoms with Gasteiger partial charge >= 0.3 is 0 Å². The van der Waals surface area contributed by atoms with Crippen LogP contribution >= 0.6 is 0 Å². The first kappa shape index (κ1) is 14.4. The topological polar surface area (TPSA) is 55.1 Å². The van der Waals surface area contributed by atoms with Crippen LogP contribution in [-0.4, -0.2) is 11.9 Å². The molecule has 1 aromatic carbocycles. The summed E-state index contributed by atoms with van der Waals surface area (Å²) in [7, 11) is 0. The zero-order valence-corrected chi connectivity index (χ0v) is 13.3. The summed E-state index contributed by atoms with van der Waals surface area (Å²) < 4.78 is 0. The minimum absolute atomic E-state index is 0.280. The second kappa shape index (κ2) is 4.75. The van der Waals surface area contributed by atoms with Crippen molar-refractivity contribution in [1.82, 2.24) is 0 Å². The molecule has 21 heavy (non-hydrogen) atoms. The van der Waals surface area contributed by atoms with Gasteiger partial charge in [-0.1, -0.05) is 32.9 Å². The maximum Gasteiger partial charge on any atom is 0.221 e. The molecule has 3 heteroatoms. The molecule has 3 nitrogen and oxygen atoms in total. The number of amides is 1. The van der Waals surface area contributed by atoms with E-state index in [9.17, 15) is 4.79 Å². The van der Waals surface area contributed by atoms with E-state index in [0.717, 1.165) is 17.2 Å². The molecule has 2 aliphatic carbocycles. The summed E-state index contributed by atoms with van der Waals surface area (Å²) in [6, 6.07) is 8.66. The van der Waals surface area contributed by atoms with Crippen LogP contribution in [0.25, 0.3) is 0 Å². The van der Waals surface area contributed by atoms with E-state index in [-0.39, 0.29) is 5.91 Å². The second-order valence-corrected chi connectivity index (χ2v) is 7.83. The molecule has 3 N–H and O–H groups in total. The normalized spacial score (nSPS) is 33.1. The van der Waals surface area contributed by atoms with Gasteiger partial charge in [-0.05, 0) is 53.7 Å². The van der Waals surface area contributed by atoms with Crippen LogP contribution in [0.5, 0.6) is 0 Å². The summed E-state index contributed by atoms with van der Waals surface area (Å²) in [5, 5.41) is 3.77. The highest BCUT2D eigenvalue weighted by Gasteiger charge is 2.59. The van der Waals surface area contributed by atoms with Gasteiger partial charge < -0.3 is 11.1 Å². The molecule has 1 aromatic rings. The third kappa shape index (κ3) is 2.43. The van der Waals surface area contributed by atoms with Crippen LogP contribution in [0.4, 0.5) is 5.69 Å². The molecule has 3 rings (SSSR count). The lowest BCUT2D eigenvalue weighted by molar-refractivity contribution is -0.117. The van der Waals surface area contributed by atoms with Gasteiger partial charge in [-0.3, -0.25) is 4.79 Å². The molecule has 114 valence electrons. The van der Waals surface area contributed by atoms with Crippen molar-refractivity contribution >= 4 is 11.6 Å². The van der Waals surface area contributed by atoms with Gasteiger partial charge in [0.15, 0.2) is 0 Å². The fourth-order valence-corrected chi connectivity index (χ4v) is 4.75. The Labute approximate surface area is 127 Å². The number of carbonyl (C=O) groups is 1. The predicted octanol–water partition coefficient (Wildman–Crippen LogP) is 3.34. The Bertz CT molecular complexity index is 544. The van der Waals surface area contributed by atoms with Gasteiger partial charge in [0.2, 0.25) is 5.91 Å². The minimum Gasteiger partial charge on any atom is -0.381 e. The Morgan fingerprint density at radius 3 is 2.48 bits per heavy atom. The Hall–Kier alpha value is -1.51. The number of nitrogens with one attached hydrogen (secondary N) is 1. The van der Waals surface area contributed by atoms with Crippen molar-refractivity contribution in [2.45, 2.75) is 52.5 Å². The van der Waals surface area contributed by atoms with Crippen molar-refractivity contribution in [2.75, 3.05) is 5.32 Å². The van der Waals surface area contributed by atoms with E-state index in [0.29, 0.717) is 23.3 Å². The van der Waals surface area contributed by atoms with E-state index in [2.05, 4.69) is 38.2 Å². The summed E-state index contributed by atoms with van der Waals surface area (Å²) >= 11 is 0. The summed E-state index contributed by atoms with van der Waals surface area (Å²) in [5.74, 6) is 0.562. The highest BCUT2D eigenvalue weighted by atomic mass is 16.1. The Morgan fingerprint density at radius 1 is 1.29 bits per heavy atom. The molecular weight excluding hydrogens is 260 g/mol. The lowest BCUT2D eigenvalue weighted by Crippen LogP contribution is -2.45. The summed E-state index contributed by atoms with van der Waals surface area (Å²) in [6.07, 6.45) is 4.37. The molecule has 0 spiro atoms. The Kier molecular flexibility index (Phi) is 3.27. The first-order chi connectivity index (χ1) is 9.81. The highest BCUT2D eigenvalue weighted by Crippen LogP contribution is 2.63. The van der Waals surface area contributed by atoms with Crippen LogP contribution in [0, 0.1) is 16.7 Å². The van der Waals surface area contributed by atoms with Crippen LogP contribution in [0.3, 0.4) is 0 Å². The lowest BCUT2D eigenvalue weighted by atomic mass is 9.68. The van der Waals surface area contributed by atoms with E-state index in [4.69, 9.17) is 5.73 Å². The second-order valence-electron chi connectivity index (χ2n) is 7.83. The number of fused-ring (bicyclic) bond motifs is 2. The molecule has 1 amide bonds. The van der Waals surface area contributed by atoms with Gasteiger partial charge in [0.1, 0.15) is 0 Å². The molecule has 0 aromatic heterocycles. The monoisotopic (exact) mass is 286 g/mol. The van der Waals surface area contributed by atoms with E-state index in [1.165, 1.54) is 19.3 Å². The first-order valence-electron chi connectivity index (χ1n) is 7.95. The van der Waals surface area contributed by atoms with Crippen LogP contribution in [0.2, 0.25) is 0 Å². The van der Waals surface area contributed by atoms with Crippen molar-refractivity contribution in [1.29, 1.82) is 0 Å². The number of rotatable bonds is 4. The van der Waals surface area contributed by atoms with Gasteiger partial charge in [0.25, 0.3) is 0 Å². The number of primary amides is 1. The van der Waals surface area contributed by atoms with E-state index in [1.54, 1.807) is 0 Å². The van der Waals surface area contributed by atoms with Gasteiger partial charge in [-0.25, -0.2) is 0 Å². The smallest absolute Gasteiger partial charge is 0.221 e. The van der Waals surface area contributed by atoms with Crippen molar-refractivity contribution < 1.29 is 4.79 Å². The first-order valence-corrected chi connectivity index (χ1v) is 7.95. The highest BCUT2D eigenvalue weighted by molar-refractivity contribution is 5.76. The van der Waals surface area contributed by atoms with E-state index in [1.807, 2.05) is 12.1 Å². The third-order valence-corrected chi connectivity index (χ3v) is 5.91. The summed E-state index contributed by atoms with van der Waals surface area (Å²) in [6.45, 7) is 7.24. The van der Waals surface area contributed by atoms with E-state index < -0.39 is 0 Å². The van der Waals surface area contributed by atoms with E-state index >= 15 is 0 Å². The standard InChI is InChI=1S/C18H26N2O/c1-17(2)13-8-9-18(3,11-13)16(17)20-14-6-4-12(5-7-14)10-15(19)21/h4-7,13,16,20H,8-11H2,1-3H3,(H2,19,21)/t13-,16?,18+/m0/s1. The molecule has 1 unspecified atom stereocenters. The van der Waals surface area contributed by atoms with Gasteiger partial charge in [0.05, 0.1) is 6.42 Å². The Morgan fingerprint density at radius 2 is 1.95 bits per heavy atom. The molecule has 0 aliphatic heterocycles. The maximum atomic E-state index is 11.0. The molecule has 2 bridgehead atoms. The van der Waals surface area contributed by atoms with Crippen LogP contribution in [0.1, 0.15) is 45.6 Å². The van der Waals surface area contributed by atoms with Crippen molar-refractivity contribution in [3.63, 3.8) is 0 Å². The molecule has 2 saturated carbocycles. The molecule has 0 saturated heterocycles. The quantitative estimate of drug-likeness (QED) is 0.892. The molecular formula is C18H26N2O. The molecule has 3 atom stereocenters. The number of carbonyl (C=O) groups excluding carboxylic acids is 1. The number of nitrogens with two attached hydrogens (primary N) is 1. The SMILES string of the molecule is CC1(C)C(Nc2ccc(CC(N)=O)cc2)[C@]2(C)CC[C@H]1C2. The molecule has 2 aliphatic rings. The Balaban J connectivity index is 1.76. The zero-order valence-electron chi connectivity index (χ0n) is 13.3. The van der Waals surface area contributed by atoms with Crippen molar-refractivity contribution in [3.05, 3.63) is 29.8 Å². The van der Waals surface area contributed by atoms with Crippen LogP contribution < -0.4 is 11.1 Å². The van der Waals surface area contributed by atoms with Crippen molar-refractivity contribution in [3.8, 4) is 0 Å². The number of hydrogen-bond acceptors (Lipinski definition) is 2. The third-order valence-electron chi connectivity index (χ3n) is 5.91. The average molecular weight is 286 g/mol. The van der Waals surface area contributed by atoms with Crippen LogP contribution in [-0.2, 0) is 11.2 Å². The zero-order chi connectivity index (χ0) is 15.3. The van der Waals surface area contributed by atoms with Crippen molar-refractivity contribution in [2.24, 2.45) is 22.5 Å². The number of hydrogen-bond donors (Lipinski definition) is 2. The molecule has 0 radical (unpaired) electrons. The maximum absolute atomic E-state index is 11.0. The van der Waals surface area contributed by atoms with Gasteiger partial charge in [-0.2, -0.15) is 0 Å². The minimum atomic E-state index is -0.280. The van der Waals surface area contributed by atoms with Gasteiger partial charge in [0, 0.05) is 11.7 Å². The van der Waals surface area contributed by atoms with Crippen LogP contribution in [0.15, 0.2) is 24.3 Å². The fourth-order valence-electron chi connectivity index (χ4n) is 4.75. The summed E-state index contributed by atoms with van der Waals surface area (Å²) in [5.41, 5.74) is 8.12. The largest absolute Gasteiger partial charge is 0.381 e. The number of benzene rings is 1. The van der Waals surface area contributed by atoms with Gasteiger partial charge in [-0.15, -0.1) is 0 Å². The summed E-state index contributed by atoms with van der Waals surface area (Å²) in [4.78, 5) is 11.0. The number of anilines is 1. The predicted molar refractivity (Wildman–Crippen MR) is 86.0 cm³/mol. The molecule has 0 heterocycles. The lowest BCUT2D eigenvalue weighted by Gasteiger charge is -2.43. The molecule has 2 fully saturated rings. The fraction of sp³-hybridized carbons (Fsp3) is 0.611.